The number of carbonyl (C=O) groups is 1. The maximum Gasteiger partial charge on any atom is 0.183 e. The smallest absolute Gasteiger partial charge is 0.183 e. The van der Waals surface area contributed by atoms with Crippen molar-refractivity contribution in [3.8, 4) is 0 Å². The van der Waals surface area contributed by atoms with Gasteiger partial charge in [0.05, 0.1) is 6.89 Å². The van der Waals surface area contributed by atoms with Crippen molar-refractivity contribution in [1.82, 2.24) is 9.78 Å². The Morgan fingerprint density at radius 1 is 1.19 bits per heavy atom. The van der Waals surface area contributed by atoms with Crippen LogP contribution in [0.2, 0.25) is 5.02 Å². The molecule has 0 radical (unpaired) electrons. The predicted molar refractivity (Wildman–Crippen MR) is 132 cm³/mol. The molecule has 0 saturated heterocycles. The van der Waals surface area contributed by atoms with Gasteiger partial charge in [0.1, 0.15) is 0 Å². The lowest BCUT2D eigenvalue weighted by Crippen LogP contribution is -2.20. The number of ketones is 1. The quantitative estimate of drug-likeness (QED) is 0.391. The van der Waals surface area contributed by atoms with Gasteiger partial charge in [-0.1, -0.05) is 54.1 Å². The van der Waals surface area contributed by atoms with E-state index in [4.69, 9.17) is 13.0 Å². The third-order valence-electron chi connectivity index (χ3n) is 5.56. The molecule has 0 spiro atoms. The predicted octanol–water partition coefficient (Wildman–Crippen LogP) is 5.93. The molecule has 158 valence electrons. The third-order valence-corrected chi connectivity index (χ3v) is 5.80. The van der Waals surface area contributed by atoms with Crippen LogP contribution < -0.4 is 5.32 Å². The Balaban J connectivity index is 1.55. The molecule has 0 fully saturated rings. The summed E-state index contributed by atoms with van der Waals surface area (Å²) >= 11 is 6.30. The number of benzene rings is 3. The Hall–Kier alpha value is -3.63. The van der Waals surface area contributed by atoms with Gasteiger partial charge in [0.2, 0.25) is 0 Å². The summed E-state index contributed by atoms with van der Waals surface area (Å²) in [7, 11) is 1.88. The van der Waals surface area contributed by atoms with Crippen LogP contribution in [0.15, 0.2) is 84.6 Å². The molecule has 3 aromatic carbocycles. The molecule has 4 aromatic rings. The number of nitrogens with one attached hydrogen (secondary N) is 1. The molecule has 0 amide bonds. The Labute approximate surface area is 193 Å². The van der Waals surface area contributed by atoms with E-state index in [9.17, 15) is 4.79 Å². The Morgan fingerprint density at radius 3 is 2.88 bits per heavy atom. The fourth-order valence-electron chi connectivity index (χ4n) is 4.02. The van der Waals surface area contributed by atoms with Gasteiger partial charge in [-0.25, -0.2) is 0 Å². The summed E-state index contributed by atoms with van der Waals surface area (Å²) in [6.45, 7) is -0.865. The van der Waals surface area contributed by atoms with Gasteiger partial charge in [-0.3, -0.25) is 9.48 Å². The number of hydrogen-bond donors (Lipinski definition) is 1. The summed E-state index contributed by atoms with van der Waals surface area (Å²) in [5.74, 6) is -0.189. The van der Waals surface area contributed by atoms with Crippen molar-refractivity contribution in [1.29, 1.82) is 0 Å². The van der Waals surface area contributed by atoms with Crippen LogP contribution in [-0.4, -0.2) is 22.1 Å². The van der Waals surface area contributed by atoms with Crippen LogP contribution in [0, 0.1) is 0 Å². The van der Waals surface area contributed by atoms with E-state index >= 15 is 0 Å². The molecule has 0 aliphatic carbocycles. The first-order chi connectivity index (χ1) is 16.0. The summed E-state index contributed by atoms with van der Waals surface area (Å²) in [4.78, 5) is 13.4. The van der Waals surface area contributed by atoms with E-state index in [2.05, 4.69) is 10.4 Å². The van der Waals surface area contributed by atoms with Crippen molar-refractivity contribution >= 4 is 45.6 Å². The fraction of sp³-hybridized carbons (Fsp3) is 0.111. The van der Waals surface area contributed by atoms with Gasteiger partial charge in [-0.05, 0) is 59.5 Å². The maximum absolute atomic E-state index is 13.4. The number of allylic oxidation sites excluding steroid dienone is 2. The number of fused-ring (bicyclic) bond motifs is 2. The van der Waals surface area contributed by atoms with Crippen LogP contribution >= 0.6 is 11.6 Å². The first kappa shape index (κ1) is 19.1. The monoisotopic (exact) mass is 440 g/mol. The molecule has 5 heteroatoms. The van der Waals surface area contributed by atoms with E-state index in [-0.39, 0.29) is 5.78 Å². The van der Waals surface area contributed by atoms with Gasteiger partial charge in [-0.2, -0.15) is 5.10 Å². The van der Waals surface area contributed by atoms with Gasteiger partial charge in [0.15, 0.2) is 5.78 Å². The molecular formula is C27H22ClN3O. The topological polar surface area (TPSA) is 46.9 Å². The highest BCUT2D eigenvalue weighted by atomic mass is 35.5. The maximum atomic E-state index is 13.4. The number of aromatic nitrogens is 2. The Morgan fingerprint density at radius 2 is 2.03 bits per heavy atom. The molecule has 1 atom stereocenters. The standard InChI is InChI=1S/C27H22ClN3O/c1-31-17-20-13-19(7-10-25(20)30-31)8-12-27(32)24-16-29-26-11-9-21(28)15-23(26)22(24)14-18-5-3-2-4-6-18/h2-13,15,17,29H,14,16H2,1H3/b12-8+/i16D. The molecule has 4 nitrogen and oxygen atoms in total. The van der Waals surface area contributed by atoms with Crippen LogP contribution in [0.1, 0.15) is 18.1 Å². The van der Waals surface area contributed by atoms with E-state index in [1.54, 1.807) is 22.9 Å². The number of halogens is 1. The molecule has 1 N–H and O–H groups in total. The molecule has 1 aliphatic rings. The zero-order chi connectivity index (χ0) is 22.9. The second-order valence-corrected chi connectivity index (χ2v) is 8.29. The van der Waals surface area contributed by atoms with Crippen LogP contribution in [-0.2, 0) is 18.3 Å². The summed E-state index contributed by atoms with van der Waals surface area (Å²) in [6.07, 6.45) is 5.83. The minimum atomic E-state index is -0.865. The number of aryl methyl sites for hydroxylation is 1. The van der Waals surface area contributed by atoms with Crippen molar-refractivity contribution in [3.05, 3.63) is 106 Å². The van der Waals surface area contributed by atoms with E-state index in [0.29, 0.717) is 17.0 Å². The summed E-state index contributed by atoms with van der Waals surface area (Å²) in [5, 5.41) is 9.13. The molecule has 32 heavy (non-hydrogen) atoms. The van der Waals surface area contributed by atoms with Crippen molar-refractivity contribution in [3.63, 3.8) is 0 Å². The van der Waals surface area contributed by atoms with E-state index in [0.717, 1.165) is 38.9 Å². The van der Waals surface area contributed by atoms with Crippen LogP contribution in [0.25, 0.3) is 22.6 Å². The molecule has 5 rings (SSSR count). The average molecular weight is 441 g/mol. The van der Waals surface area contributed by atoms with Crippen LogP contribution in [0.3, 0.4) is 0 Å². The normalized spacial score (nSPS) is 16.2. The molecule has 1 unspecified atom stereocenters. The average Bonchev–Trinajstić information content (AvgIpc) is 3.18. The summed E-state index contributed by atoms with van der Waals surface area (Å²) < 4.78 is 10.4. The Bertz CT molecular complexity index is 1420. The zero-order valence-corrected chi connectivity index (χ0v) is 18.3. The molecule has 2 heterocycles. The van der Waals surface area contributed by atoms with Crippen molar-refractivity contribution in [2.45, 2.75) is 6.42 Å². The lowest BCUT2D eigenvalue weighted by molar-refractivity contribution is -0.111. The van der Waals surface area contributed by atoms with E-state index < -0.39 is 6.52 Å². The largest absolute Gasteiger partial charge is 0.380 e. The summed E-state index contributed by atoms with van der Waals surface area (Å²) in [6, 6.07) is 21.4. The molecule has 0 saturated carbocycles. The summed E-state index contributed by atoms with van der Waals surface area (Å²) in [5.41, 5.74) is 5.83. The number of rotatable bonds is 5. The van der Waals surface area contributed by atoms with Gasteiger partial charge in [0, 0.05) is 47.0 Å². The van der Waals surface area contributed by atoms with Crippen LogP contribution in [0.5, 0.6) is 0 Å². The second-order valence-electron chi connectivity index (χ2n) is 7.85. The molecular weight excluding hydrogens is 418 g/mol. The second kappa shape index (κ2) is 8.48. The molecule has 1 aliphatic heterocycles. The van der Waals surface area contributed by atoms with Gasteiger partial charge in [0.25, 0.3) is 0 Å². The minimum absolute atomic E-state index is 0.189. The zero-order valence-electron chi connectivity index (χ0n) is 18.5. The van der Waals surface area contributed by atoms with E-state index in [1.165, 1.54) is 0 Å². The SMILES string of the molecule is [2H]C1Nc2ccc(Cl)cc2C(Cc2ccccc2)=C1C(=O)/C=C/c1ccc2nn(C)cc2c1. The molecule has 1 aromatic heterocycles. The minimum Gasteiger partial charge on any atom is -0.380 e. The van der Waals surface area contributed by atoms with Gasteiger partial charge in [-0.15, -0.1) is 0 Å². The first-order valence-electron chi connectivity index (χ1n) is 11.0. The number of carbonyl (C=O) groups excluding carboxylic acids is 1. The Kier molecular flexibility index (Phi) is 5.06. The highest BCUT2D eigenvalue weighted by molar-refractivity contribution is 6.31. The third kappa shape index (κ3) is 4.10. The van der Waals surface area contributed by atoms with Gasteiger partial charge < -0.3 is 5.32 Å². The highest BCUT2D eigenvalue weighted by Gasteiger charge is 2.22. The van der Waals surface area contributed by atoms with Crippen molar-refractivity contribution < 1.29 is 6.17 Å². The number of anilines is 1. The fourth-order valence-corrected chi connectivity index (χ4v) is 4.19. The number of hydrogen-bond acceptors (Lipinski definition) is 3. The van der Waals surface area contributed by atoms with Crippen LogP contribution in [0.4, 0.5) is 5.69 Å². The van der Waals surface area contributed by atoms with Gasteiger partial charge >= 0.3 is 0 Å². The van der Waals surface area contributed by atoms with Crippen molar-refractivity contribution in [2.24, 2.45) is 7.05 Å². The van der Waals surface area contributed by atoms with E-state index in [1.807, 2.05) is 73.9 Å². The number of nitrogens with zero attached hydrogens (tertiary/aromatic N) is 2. The lowest BCUT2D eigenvalue weighted by Gasteiger charge is -2.24. The van der Waals surface area contributed by atoms with Crippen molar-refractivity contribution in [2.75, 3.05) is 11.8 Å². The first-order valence-corrected chi connectivity index (χ1v) is 10.8. The highest BCUT2D eigenvalue weighted by Crippen LogP contribution is 2.35. The lowest BCUT2D eigenvalue weighted by atomic mass is 9.88. The molecule has 0 bridgehead atoms.